The van der Waals surface area contributed by atoms with Gasteiger partial charge in [-0.05, 0) is 72.6 Å². The largest absolute Gasteiger partial charge is 0.508 e. The molecule has 6 nitrogen and oxygen atoms in total. The molecule has 1 atom stereocenters. The number of anilines is 1. The lowest BCUT2D eigenvalue weighted by molar-refractivity contribution is -0.115. The molecule has 0 aromatic heterocycles. The first-order chi connectivity index (χ1) is 15.5. The van der Waals surface area contributed by atoms with Crippen LogP contribution >= 0.6 is 11.6 Å². The summed E-state index contributed by atoms with van der Waals surface area (Å²) in [4.78, 5) is 12.2. The molecular formula is C25H27ClN2O4. The standard InChI is InChI=1S/C25H27ClN2O4/c26-20-3-1-2-19(14-20)15-25(31)28-21-6-4-18(5-7-21)12-13-27-16-23(30)17-32-24-10-8-22(29)9-11-24/h1-11,14,23,27,29-30H,12-13,15-17H2,(H,28,31)/t23-/m0/s1. The summed E-state index contributed by atoms with van der Waals surface area (Å²) in [5.74, 6) is 0.680. The summed E-state index contributed by atoms with van der Waals surface area (Å²) in [6.07, 6.45) is 0.425. The highest BCUT2D eigenvalue weighted by Crippen LogP contribution is 2.16. The quantitative estimate of drug-likeness (QED) is 0.331. The Morgan fingerprint density at radius 3 is 2.47 bits per heavy atom. The number of phenolic OH excluding ortho intramolecular Hbond substituents is 1. The molecule has 0 bridgehead atoms. The van der Waals surface area contributed by atoms with Gasteiger partial charge in [0.1, 0.15) is 24.2 Å². The molecule has 168 valence electrons. The predicted octanol–water partition coefficient (Wildman–Crippen LogP) is 3.80. The third-order valence-corrected chi connectivity index (χ3v) is 4.98. The molecule has 3 aromatic carbocycles. The first-order valence-corrected chi connectivity index (χ1v) is 10.8. The summed E-state index contributed by atoms with van der Waals surface area (Å²) in [5.41, 5.74) is 2.74. The van der Waals surface area contributed by atoms with Crippen molar-refractivity contribution in [2.24, 2.45) is 0 Å². The van der Waals surface area contributed by atoms with Gasteiger partial charge in [0.2, 0.25) is 5.91 Å². The van der Waals surface area contributed by atoms with Crippen molar-refractivity contribution < 1.29 is 19.7 Å². The lowest BCUT2D eigenvalue weighted by Gasteiger charge is -2.13. The Morgan fingerprint density at radius 2 is 1.75 bits per heavy atom. The smallest absolute Gasteiger partial charge is 0.228 e. The maximum atomic E-state index is 12.2. The van der Waals surface area contributed by atoms with Gasteiger partial charge in [0, 0.05) is 17.3 Å². The van der Waals surface area contributed by atoms with Gasteiger partial charge in [-0.3, -0.25) is 4.79 Å². The number of ether oxygens (including phenoxy) is 1. The molecule has 0 heterocycles. The zero-order valence-electron chi connectivity index (χ0n) is 17.6. The fourth-order valence-electron chi connectivity index (χ4n) is 3.09. The Morgan fingerprint density at radius 1 is 1.00 bits per heavy atom. The third-order valence-electron chi connectivity index (χ3n) is 4.74. The van der Waals surface area contributed by atoms with E-state index in [-0.39, 0.29) is 24.7 Å². The highest BCUT2D eigenvalue weighted by atomic mass is 35.5. The zero-order chi connectivity index (χ0) is 22.8. The van der Waals surface area contributed by atoms with Gasteiger partial charge in [-0.1, -0.05) is 35.9 Å². The number of halogens is 1. The molecule has 0 saturated heterocycles. The van der Waals surface area contributed by atoms with E-state index in [2.05, 4.69) is 10.6 Å². The Balaban J connectivity index is 1.32. The number of aliphatic hydroxyl groups excluding tert-OH is 1. The molecule has 3 rings (SSSR count). The van der Waals surface area contributed by atoms with Gasteiger partial charge < -0.3 is 25.6 Å². The summed E-state index contributed by atoms with van der Waals surface area (Å²) >= 11 is 5.96. The van der Waals surface area contributed by atoms with Crippen LogP contribution in [0.1, 0.15) is 11.1 Å². The number of nitrogens with one attached hydrogen (secondary N) is 2. The van der Waals surface area contributed by atoms with Crippen molar-refractivity contribution in [2.45, 2.75) is 18.9 Å². The Bertz CT molecular complexity index is 994. The highest BCUT2D eigenvalue weighted by molar-refractivity contribution is 6.30. The molecule has 1 amide bonds. The Hall–Kier alpha value is -3.06. The molecule has 4 N–H and O–H groups in total. The summed E-state index contributed by atoms with van der Waals surface area (Å²) < 4.78 is 5.48. The van der Waals surface area contributed by atoms with Crippen molar-refractivity contribution in [2.75, 3.05) is 25.0 Å². The zero-order valence-corrected chi connectivity index (χ0v) is 18.4. The number of carbonyl (C=O) groups excluding carboxylic acids is 1. The van der Waals surface area contributed by atoms with Gasteiger partial charge in [0.15, 0.2) is 0 Å². The van der Waals surface area contributed by atoms with E-state index < -0.39 is 6.10 Å². The third kappa shape index (κ3) is 8.23. The molecule has 0 spiro atoms. The van der Waals surface area contributed by atoms with Crippen molar-refractivity contribution >= 4 is 23.2 Å². The normalized spacial score (nSPS) is 11.7. The molecule has 3 aromatic rings. The Labute approximate surface area is 192 Å². The molecule has 0 aliphatic rings. The minimum absolute atomic E-state index is 0.0924. The summed E-state index contributed by atoms with van der Waals surface area (Å²) in [7, 11) is 0. The van der Waals surface area contributed by atoms with Gasteiger partial charge in [-0.15, -0.1) is 0 Å². The van der Waals surface area contributed by atoms with E-state index in [9.17, 15) is 15.0 Å². The number of hydrogen-bond acceptors (Lipinski definition) is 5. The lowest BCUT2D eigenvalue weighted by Crippen LogP contribution is -2.32. The monoisotopic (exact) mass is 454 g/mol. The molecule has 0 aliphatic heterocycles. The van der Waals surface area contributed by atoms with Crippen molar-refractivity contribution in [3.8, 4) is 11.5 Å². The number of aliphatic hydroxyl groups is 1. The second kappa shape index (κ2) is 12.1. The number of benzene rings is 3. The van der Waals surface area contributed by atoms with Crippen LogP contribution < -0.4 is 15.4 Å². The lowest BCUT2D eigenvalue weighted by atomic mass is 10.1. The highest BCUT2D eigenvalue weighted by Gasteiger charge is 2.07. The predicted molar refractivity (Wildman–Crippen MR) is 126 cm³/mol. The average Bonchev–Trinajstić information content (AvgIpc) is 2.77. The summed E-state index contributed by atoms with van der Waals surface area (Å²) in [5, 5.41) is 26.0. The Kier molecular flexibility index (Phi) is 8.92. The SMILES string of the molecule is O=C(Cc1cccc(Cl)c1)Nc1ccc(CCNC[C@H](O)COc2ccc(O)cc2)cc1. The van der Waals surface area contributed by atoms with Crippen molar-refractivity contribution in [3.63, 3.8) is 0 Å². The first kappa shape index (κ1) is 23.6. The fourth-order valence-corrected chi connectivity index (χ4v) is 3.30. The van der Waals surface area contributed by atoms with Crippen LogP contribution in [0.15, 0.2) is 72.8 Å². The average molecular weight is 455 g/mol. The number of rotatable bonds is 11. The van der Waals surface area contributed by atoms with Gasteiger partial charge in [-0.2, -0.15) is 0 Å². The first-order valence-electron chi connectivity index (χ1n) is 10.4. The second-order valence-corrected chi connectivity index (χ2v) is 7.90. The molecular weight excluding hydrogens is 428 g/mol. The van der Waals surface area contributed by atoms with Crippen LogP contribution in [0.4, 0.5) is 5.69 Å². The van der Waals surface area contributed by atoms with Crippen molar-refractivity contribution in [3.05, 3.63) is 88.9 Å². The molecule has 7 heteroatoms. The maximum absolute atomic E-state index is 12.2. The number of amides is 1. The van der Waals surface area contributed by atoms with E-state index in [0.29, 0.717) is 23.9 Å². The van der Waals surface area contributed by atoms with Crippen LogP contribution in [-0.2, 0) is 17.6 Å². The molecule has 0 aliphatic carbocycles. The van der Waals surface area contributed by atoms with Crippen molar-refractivity contribution in [1.82, 2.24) is 5.32 Å². The van der Waals surface area contributed by atoms with Crippen LogP contribution in [0.3, 0.4) is 0 Å². The van der Waals surface area contributed by atoms with Crippen LogP contribution in [0.2, 0.25) is 5.02 Å². The van der Waals surface area contributed by atoms with Crippen LogP contribution in [0.25, 0.3) is 0 Å². The number of aromatic hydroxyl groups is 1. The molecule has 0 radical (unpaired) electrons. The van der Waals surface area contributed by atoms with Gasteiger partial charge in [0.25, 0.3) is 0 Å². The van der Waals surface area contributed by atoms with E-state index in [4.69, 9.17) is 16.3 Å². The van der Waals surface area contributed by atoms with Gasteiger partial charge >= 0.3 is 0 Å². The topological polar surface area (TPSA) is 90.8 Å². The number of carbonyl (C=O) groups is 1. The number of hydrogen-bond donors (Lipinski definition) is 4. The molecule has 0 fully saturated rings. The van der Waals surface area contributed by atoms with E-state index in [1.165, 1.54) is 12.1 Å². The van der Waals surface area contributed by atoms with Gasteiger partial charge in [-0.25, -0.2) is 0 Å². The van der Waals surface area contributed by atoms with Crippen LogP contribution in [-0.4, -0.2) is 41.9 Å². The van der Waals surface area contributed by atoms with Crippen molar-refractivity contribution in [1.29, 1.82) is 0 Å². The molecule has 32 heavy (non-hydrogen) atoms. The van der Waals surface area contributed by atoms with Crippen LogP contribution in [0.5, 0.6) is 11.5 Å². The maximum Gasteiger partial charge on any atom is 0.228 e. The number of phenols is 1. The minimum atomic E-state index is -0.638. The molecule has 0 saturated carbocycles. The second-order valence-electron chi connectivity index (χ2n) is 7.46. The van der Waals surface area contributed by atoms with Crippen LogP contribution in [0, 0.1) is 0 Å². The van der Waals surface area contributed by atoms with Gasteiger partial charge in [0.05, 0.1) is 6.42 Å². The summed E-state index contributed by atoms with van der Waals surface area (Å²) in [6, 6.07) is 21.4. The van der Waals surface area contributed by atoms with E-state index >= 15 is 0 Å². The molecule has 0 unspecified atom stereocenters. The van der Waals surface area contributed by atoms with E-state index in [1.807, 2.05) is 36.4 Å². The fraction of sp³-hybridized carbons (Fsp3) is 0.240. The minimum Gasteiger partial charge on any atom is -0.508 e. The van der Waals surface area contributed by atoms with E-state index in [0.717, 1.165) is 23.2 Å². The summed E-state index contributed by atoms with van der Waals surface area (Å²) in [6.45, 7) is 1.29. The van der Waals surface area contributed by atoms with E-state index in [1.54, 1.807) is 24.3 Å².